The van der Waals surface area contributed by atoms with Gasteiger partial charge in [-0.2, -0.15) is 0 Å². The number of piperidine rings is 1. The van der Waals surface area contributed by atoms with Gasteiger partial charge in [0.25, 0.3) is 0 Å². The highest BCUT2D eigenvalue weighted by molar-refractivity contribution is 5.74. The summed E-state index contributed by atoms with van der Waals surface area (Å²) in [5.74, 6) is 0.719. The molecule has 2 aliphatic rings. The van der Waals surface area contributed by atoms with E-state index in [0.717, 1.165) is 38.6 Å². The van der Waals surface area contributed by atoms with Gasteiger partial charge >= 0.3 is 6.03 Å². The second-order valence-corrected chi connectivity index (χ2v) is 6.62. The molecule has 1 aromatic heterocycles. The molecule has 1 aromatic rings. The Labute approximate surface area is 137 Å². The number of aliphatic hydroxyl groups excluding tert-OH is 1. The van der Waals surface area contributed by atoms with Crippen LogP contribution in [-0.4, -0.2) is 44.7 Å². The minimum atomic E-state index is -0.622. The Morgan fingerprint density at radius 2 is 2.30 bits per heavy atom. The number of aryl methyl sites for hydroxylation is 1. The van der Waals surface area contributed by atoms with Crippen molar-refractivity contribution in [3.05, 3.63) is 30.4 Å². The molecule has 126 valence electrons. The summed E-state index contributed by atoms with van der Waals surface area (Å²) >= 11 is 0. The van der Waals surface area contributed by atoms with E-state index in [1.165, 1.54) is 0 Å². The standard InChI is InChI=1S/C17H26N4O2/c1-20-11-9-18-16(20)15(22)13-6-5-10-21(12-13)17(23)19-14-7-3-2-4-8-14/h2-3,9,11,13-15,22H,4-8,10,12H2,1H3,(H,19,23). The fraction of sp³-hybridized carbons (Fsp3) is 0.647. The van der Waals surface area contributed by atoms with Crippen molar-refractivity contribution in [1.29, 1.82) is 0 Å². The van der Waals surface area contributed by atoms with Crippen LogP contribution in [0, 0.1) is 5.92 Å². The number of allylic oxidation sites excluding steroid dienone is 1. The lowest BCUT2D eigenvalue weighted by Gasteiger charge is -2.36. The highest BCUT2D eigenvalue weighted by atomic mass is 16.3. The smallest absolute Gasteiger partial charge is 0.317 e. The van der Waals surface area contributed by atoms with E-state index in [4.69, 9.17) is 0 Å². The van der Waals surface area contributed by atoms with Gasteiger partial charge in [0.15, 0.2) is 0 Å². The summed E-state index contributed by atoms with van der Waals surface area (Å²) < 4.78 is 1.85. The van der Waals surface area contributed by atoms with Gasteiger partial charge in [0.05, 0.1) is 0 Å². The predicted molar refractivity (Wildman–Crippen MR) is 87.8 cm³/mol. The summed E-state index contributed by atoms with van der Waals surface area (Å²) in [6.45, 7) is 1.35. The van der Waals surface area contributed by atoms with Crippen molar-refractivity contribution in [3.63, 3.8) is 0 Å². The van der Waals surface area contributed by atoms with Crippen LogP contribution in [0.25, 0.3) is 0 Å². The van der Waals surface area contributed by atoms with Gasteiger partial charge in [-0.25, -0.2) is 9.78 Å². The lowest BCUT2D eigenvalue weighted by Crippen LogP contribution is -2.49. The van der Waals surface area contributed by atoms with Crippen LogP contribution in [0.2, 0.25) is 0 Å². The second kappa shape index (κ2) is 7.17. The number of aromatic nitrogens is 2. The van der Waals surface area contributed by atoms with E-state index in [2.05, 4.69) is 22.5 Å². The molecule has 6 nitrogen and oxygen atoms in total. The molecule has 23 heavy (non-hydrogen) atoms. The SMILES string of the molecule is Cn1ccnc1C(O)C1CCCN(C(=O)NC2CC=CCC2)C1. The molecule has 6 heteroatoms. The minimum absolute atomic E-state index is 0.00189. The second-order valence-electron chi connectivity index (χ2n) is 6.62. The van der Waals surface area contributed by atoms with Crippen LogP contribution >= 0.6 is 0 Å². The number of carbonyl (C=O) groups excluding carboxylic acids is 1. The normalized spacial score (nSPS) is 26.1. The molecular weight excluding hydrogens is 292 g/mol. The zero-order valence-corrected chi connectivity index (χ0v) is 13.7. The van der Waals surface area contributed by atoms with Crippen molar-refractivity contribution in [2.45, 2.75) is 44.2 Å². The number of rotatable bonds is 3. The van der Waals surface area contributed by atoms with Gasteiger partial charge in [-0.3, -0.25) is 0 Å². The van der Waals surface area contributed by atoms with Crippen LogP contribution in [-0.2, 0) is 7.05 Å². The molecule has 3 rings (SSSR count). The van der Waals surface area contributed by atoms with Gasteiger partial charge in [-0.15, -0.1) is 0 Å². The average Bonchev–Trinajstić information content (AvgIpc) is 3.01. The van der Waals surface area contributed by atoms with Crippen LogP contribution in [0.4, 0.5) is 4.79 Å². The molecule has 1 aliphatic heterocycles. The lowest BCUT2D eigenvalue weighted by molar-refractivity contribution is 0.0527. The molecule has 2 N–H and O–H groups in total. The number of likely N-dealkylation sites (tertiary alicyclic amines) is 1. The van der Waals surface area contributed by atoms with Crippen LogP contribution in [0.5, 0.6) is 0 Å². The van der Waals surface area contributed by atoms with Gasteiger partial charge < -0.3 is 19.9 Å². The highest BCUT2D eigenvalue weighted by Gasteiger charge is 2.31. The maximum atomic E-state index is 12.5. The largest absolute Gasteiger partial charge is 0.385 e. The number of aliphatic hydroxyl groups is 1. The van der Waals surface area contributed by atoms with Crippen molar-refractivity contribution in [2.24, 2.45) is 13.0 Å². The Kier molecular flexibility index (Phi) is 5.00. The quantitative estimate of drug-likeness (QED) is 0.837. The maximum Gasteiger partial charge on any atom is 0.317 e. The summed E-state index contributed by atoms with van der Waals surface area (Å²) in [7, 11) is 1.88. The Bertz CT molecular complexity index is 569. The Hall–Kier alpha value is -1.82. The van der Waals surface area contributed by atoms with Gasteiger partial charge in [0, 0.05) is 44.5 Å². The molecule has 1 fully saturated rings. The van der Waals surface area contributed by atoms with Crippen molar-refractivity contribution in [2.75, 3.05) is 13.1 Å². The minimum Gasteiger partial charge on any atom is -0.385 e. The first-order valence-electron chi connectivity index (χ1n) is 8.51. The summed E-state index contributed by atoms with van der Waals surface area (Å²) in [5.41, 5.74) is 0. The monoisotopic (exact) mass is 318 g/mol. The molecule has 0 saturated carbocycles. The molecule has 1 aliphatic carbocycles. The maximum absolute atomic E-state index is 12.5. The topological polar surface area (TPSA) is 70.4 Å². The van der Waals surface area contributed by atoms with Crippen LogP contribution in [0.1, 0.15) is 44.0 Å². The molecule has 3 atom stereocenters. The Morgan fingerprint density at radius 3 is 3.00 bits per heavy atom. The molecule has 2 amide bonds. The van der Waals surface area contributed by atoms with Gasteiger partial charge in [-0.1, -0.05) is 12.2 Å². The molecule has 3 unspecified atom stereocenters. The lowest BCUT2D eigenvalue weighted by atomic mass is 9.92. The summed E-state index contributed by atoms with van der Waals surface area (Å²) in [6, 6.07) is 0.245. The van der Waals surface area contributed by atoms with Crippen LogP contribution in [0.15, 0.2) is 24.5 Å². The van der Waals surface area contributed by atoms with E-state index in [1.54, 1.807) is 6.20 Å². The molecule has 0 aromatic carbocycles. The molecule has 2 heterocycles. The molecule has 0 radical (unpaired) electrons. The number of urea groups is 1. The van der Waals surface area contributed by atoms with Crippen LogP contribution < -0.4 is 5.32 Å². The first-order chi connectivity index (χ1) is 11.1. The van der Waals surface area contributed by atoms with E-state index in [-0.39, 0.29) is 18.0 Å². The third-order valence-electron chi connectivity index (χ3n) is 4.91. The van der Waals surface area contributed by atoms with Gasteiger partial charge in [0.2, 0.25) is 0 Å². The number of nitrogens with one attached hydrogen (secondary N) is 1. The fourth-order valence-corrected chi connectivity index (χ4v) is 3.52. The number of nitrogens with zero attached hydrogens (tertiary/aromatic N) is 3. The summed E-state index contributed by atoms with van der Waals surface area (Å²) in [4.78, 5) is 18.6. The van der Waals surface area contributed by atoms with Crippen molar-refractivity contribution in [1.82, 2.24) is 19.8 Å². The van der Waals surface area contributed by atoms with E-state index in [9.17, 15) is 9.90 Å². The Morgan fingerprint density at radius 1 is 1.43 bits per heavy atom. The predicted octanol–water partition coefficient (Wildman–Crippen LogP) is 1.98. The Balaban J connectivity index is 1.58. The van der Waals surface area contributed by atoms with Gasteiger partial charge in [0.1, 0.15) is 11.9 Å². The number of hydrogen-bond donors (Lipinski definition) is 2. The zero-order chi connectivity index (χ0) is 16.2. The number of imidazole rings is 1. The van der Waals surface area contributed by atoms with Crippen LogP contribution in [0.3, 0.4) is 0 Å². The number of carbonyl (C=O) groups is 1. The molecular formula is C17H26N4O2. The molecule has 0 bridgehead atoms. The summed E-state index contributed by atoms with van der Waals surface area (Å²) in [6.07, 6.45) is 12.0. The number of hydrogen-bond acceptors (Lipinski definition) is 3. The van der Waals surface area contributed by atoms with Crippen molar-refractivity contribution < 1.29 is 9.90 Å². The highest BCUT2D eigenvalue weighted by Crippen LogP contribution is 2.28. The van der Waals surface area contributed by atoms with Gasteiger partial charge in [-0.05, 0) is 32.1 Å². The van der Waals surface area contributed by atoms with E-state index in [0.29, 0.717) is 12.4 Å². The van der Waals surface area contributed by atoms with Crippen molar-refractivity contribution in [3.8, 4) is 0 Å². The first-order valence-corrected chi connectivity index (χ1v) is 8.51. The molecule has 0 spiro atoms. The zero-order valence-electron chi connectivity index (χ0n) is 13.7. The summed E-state index contributed by atoms with van der Waals surface area (Å²) in [5, 5.41) is 13.7. The average molecular weight is 318 g/mol. The van der Waals surface area contributed by atoms with Crippen molar-refractivity contribution >= 4 is 6.03 Å². The molecule has 1 saturated heterocycles. The first kappa shape index (κ1) is 16.1. The fourth-order valence-electron chi connectivity index (χ4n) is 3.52. The van der Waals surface area contributed by atoms with E-state index < -0.39 is 6.10 Å². The van der Waals surface area contributed by atoms with E-state index >= 15 is 0 Å². The third-order valence-corrected chi connectivity index (χ3v) is 4.91. The van der Waals surface area contributed by atoms with E-state index in [1.807, 2.05) is 22.7 Å². The number of amides is 2. The third kappa shape index (κ3) is 3.75.